The molecule has 0 amide bonds. The zero-order valence-electron chi connectivity index (χ0n) is 29.5. The van der Waals surface area contributed by atoms with Crippen LogP contribution in [0.5, 0.6) is 11.5 Å². The van der Waals surface area contributed by atoms with Crippen LogP contribution in [0.1, 0.15) is 0 Å². The van der Waals surface area contributed by atoms with Crippen LogP contribution < -0.4 is 20.7 Å². The Kier molecular flexibility index (Phi) is 12.6. The number of azo groups is 1. The van der Waals surface area contributed by atoms with Gasteiger partial charge in [0.15, 0.2) is 16.0 Å². The number of phenols is 1. The molecule has 26 nitrogen and oxygen atoms in total. The zero-order chi connectivity index (χ0) is 44.4. The van der Waals surface area contributed by atoms with Gasteiger partial charge < -0.3 is 20.5 Å². The molecule has 0 saturated heterocycles. The number of nitrogens with zero attached hydrogens (tertiary/aromatic N) is 6. The van der Waals surface area contributed by atoms with Gasteiger partial charge in [0.2, 0.25) is 17.8 Å². The van der Waals surface area contributed by atoms with Gasteiger partial charge in [-0.15, -0.1) is 10.2 Å². The normalized spacial score (nSPS) is 12.6. The van der Waals surface area contributed by atoms with Crippen molar-refractivity contribution in [1.29, 1.82) is 5.26 Å². The molecule has 0 fully saturated rings. The molecule has 0 saturated carbocycles. The van der Waals surface area contributed by atoms with Gasteiger partial charge in [0.25, 0.3) is 30.4 Å². The lowest BCUT2D eigenvalue weighted by Gasteiger charge is -2.16. The molecule has 0 unspecified atom stereocenters. The fourth-order valence-corrected chi connectivity index (χ4v) is 8.37. The summed E-state index contributed by atoms with van der Waals surface area (Å²) < 4.78 is 168. The van der Waals surface area contributed by atoms with E-state index >= 15 is 0 Å². The number of anilines is 5. The highest BCUT2D eigenvalue weighted by Crippen LogP contribution is 2.43. The van der Waals surface area contributed by atoms with Gasteiger partial charge in [-0.2, -0.15) is 53.9 Å². The summed E-state index contributed by atoms with van der Waals surface area (Å²) in [6.45, 7) is -0.873. The van der Waals surface area contributed by atoms with E-state index in [-0.39, 0.29) is 27.7 Å². The number of fused-ring (bicyclic) bond motifs is 1. The second-order valence-electron chi connectivity index (χ2n) is 11.5. The number of sulfone groups is 1. The fourth-order valence-electron chi connectivity index (χ4n) is 5.03. The van der Waals surface area contributed by atoms with E-state index in [1.807, 2.05) is 0 Å². The number of nitrogens with one attached hydrogen (secondary N) is 3. The quantitative estimate of drug-likeness (QED) is 0.0305. The van der Waals surface area contributed by atoms with E-state index in [1.54, 1.807) is 6.19 Å². The largest absolute Gasteiger partial charge is 0.507 e. The Bertz CT molecular complexity index is 3180. The molecule has 60 heavy (non-hydrogen) atoms. The Hall–Kier alpha value is -6.21. The van der Waals surface area contributed by atoms with Gasteiger partial charge in [-0.05, 0) is 60.0 Å². The summed E-state index contributed by atoms with van der Waals surface area (Å²) in [5, 5.41) is 34.1. The highest BCUT2D eigenvalue weighted by atomic mass is 32.3. The Balaban J connectivity index is 1.57. The van der Waals surface area contributed by atoms with E-state index in [9.17, 15) is 66.1 Å². The maximum atomic E-state index is 12.9. The average Bonchev–Trinajstić information content (AvgIpc) is 3.12. The number of rotatable bonds is 16. The number of methoxy groups -OCH3 is 1. The molecule has 1 heterocycles. The predicted octanol–water partition coefficient (Wildman–Crippen LogP) is 2.87. The molecule has 1 aromatic heterocycles. The summed E-state index contributed by atoms with van der Waals surface area (Å²) in [6, 6.07) is 9.53. The minimum absolute atomic E-state index is 0.132. The van der Waals surface area contributed by atoms with Crippen molar-refractivity contribution < 1.29 is 74.3 Å². The topological polar surface area (TPSA) is 414 Å². The van der Waals surface area contributed by atoms with Crippen LogP contribution >= 0.6 is 0 Å². The molecule has 31 heteroatoms. The van der Waals surface area contributed by atoms with Crippen LogP contribution in [0.15, 0.2) is 90.5 Å². The van der Waals surface area contributed by atoms with E-state index in [1.165, 1.54) is 12.1 Å². The smallest absolute Gasteiger partial charge is 0.397 e. The Morgan fingerprint density at radius 2 is 1.27 bits per heavy atom. The Morgan fingerprint density at radius 3 is 1.82 bits per heavy atom. The lowest BCUT2D eigenvalue weighted by molar-refractivity contribution is 0.284. The number of ether oxygens (including phenoxy) is 1. The maximum absolute atomic E-state index is 12.9. The molecule has 4 aromatic carbocycles. The third-order valence-corrected chi connectivity index (χ3v) is 12.2. The molecule has 8 N–H and O–H groups in total. The number of hydrogen-bond donors (Lipinski definition) is 8. The molecular weight excluding hydrogens is 907 g/mol. The first-order chi connectivity index (χ1) is 27.8. The van der Waals surface area contributed by atoms with E-state index < -0.39 is 118 Å². The molecule has 0 aliphatic heterocycles. The molecule has 0 bridgehead atoms. The van der Waals surface area contributed by atoms with Gasteiger partial charge in [0.05, 0.1) is 45.2 Å². The van der Waals surface area contributed by atoms with Gasteiger partial charge in [0.1, 0.15) is 27.8 Å². The van der Waals surface area contributed by atoms with Crippen LogP contribution in [0.3, 0.4) is 0 Å². The summed E-state index contributed by atoms with van der Waals surface area (Å²) >= 11 is 0. The first kappa shape index (κ1) is 44.9. The summed E-state index contributed by atoms with van der Waals surface area (Å²) in [5.41, 5.74) is -1.76. The average molecular weight is 932 g/mol. The summed E-state index contributed by atoms with van der Waals surface area (Å²) in [7, 11) is -23.2. The highest BCUT2D eigenvalue weighted by molar-refractivity contribution is 7.91. The fraction of sp³-hybridized carbons (Fsp3) is 0.103. The maximum Gasteiger partial charge on any atom is 0.397 e. The molecule has 0 radical (unpaired) electrons. The van der Waals surface area contributed by atoms with E-state index in [0.29, 0.717) is 12.1 Å². The van der Waals surface area contributed by atoms with E-state index in [4.69, 9.17) is 9.29 Å². The van der Waals surface area contributed by atoms with Gasteiger partial charge >= 0.3 is 10.4 Å². The first-order valence-electron chi connectivity index (χ1n) is 15.5. The molecule has 5 aromatic rings. The van der Waals surface area contributed by atoms with Crippen LogP contribution in [-0.4, -0.2) is 99.8 Å². The van der Waals surface area contributed by atoms with Crippen molar-refractivity contribution in [3.63, 3.8) is 0 Å². The number of hydrogen-bond acceptors (Lipinski definition) is 22. The lowest BCUT2D eigenvalue weighted by Crippen LogP contribution is -2.15. The summed E-state index contributed by atoms with van der Waals surface area (Å²) in [6.07, 6.45) is 1.57. The number of phenolic OH excluding ortho intramolecular Hbond substituents is 1. The Labute approximate surface area is 338 Å². The molecule has 0 aliphatic carbocycles. The van der Waals surface area contributed by atoms with Crippen molar-refractivity contribution in [2.45, 2.75) is 19.6 Å². The highest BCUT2D eigenvalue weighted by Gasteiger charge is 2.27. The molecule has 0 atom stereocenters. The molecular formula is C29H25N9O17S5. The van der Waals surface area contributed by atoms with Gasteiger partial charge in [0, 0.05) is 11.8 Å². The summed E-state index contributed by atoms with van der Waals surface area (Å²) in [4.78, 5) is 8.93. The summed E-state index contributed by atoms with van der Waals surface area (Å²) in [5.74, 6) is -3.33. The first-order valence-corrected chi connectivity index (χ1v) is 22.9. The SMILES string of the molecule is COc1ccc(N=Nc2cc(S(=O)(=O)O)cc3cc(S(=O)(=O)O)cc(O)c23)c(S(=O)(=O)O)c1Nc1nc(NC#N)nc(Nc2ccc(S(=O)(=O)CCOS(=O)(=O)O)cc2)n1. The minimum atomic E-state index is -5.36. The van der Waals surface area contributed by atoms with Crippen molar-refractivity contribution >= 4 is 102 Å². The van der Waals surface area contributed by atoms with Gasteiger partial charge in [-0.3, -0.25) is 23.5 Å². The third-order valence-electron chi connectivity index (χ3n) is 7.49. The van der Waals surface area contributed by atoms with Crippen LogP contribution in [0.4, 0.5) is 40.6 Å². The van der Waals surface area contributed by atoms with E-state index in [0.717, 1.165) is 43.5 Å². The molecule has 0 spiro atoms. The molecule has 318 valence electrons. The van der Waals surface area contributed by atoms with Crippen molar-refractivity contribution in [3.8, 4) is 17.7 Å². The van der Waals surface area contributed by atoms with Crippen LogP contribution in [0, 0.1) is 11.5 Å². The van der Waals surface area contributed by atoms with Crippen molar-refractivity contribution in [2.24, 2.45) is 10.2 Å². The minimum Gasteiger partial charge on any atom is -0.507 e. The van der Waals surface area contributed by atoms with E-state index in [2.05, 4.69) is 45.3 Å². The van der Waals surface area contributed by atoms with Crippen molar-refractivity contribution in [3.05, 3.63) is 60.7 Å². The van der Waals surface area contributed by atoms with Gasteiger partial charge in [-0.1, -0.05) is 0 Å². The Morgan fingerprint density at radius 1 is 0.700 bits per heavy atom. The second-order valence-corrected chi connectivity index (χ2v) is 18.9. The van der Waals surface area contributed by atoms with Crippen LogP contribution in [-0.2, 0) is 54.8 Å². The molecule has 5 rings (SSSR count). The van der Waals surface area contributed by atoms with Crippen molar-refractivity contribution in [2.75, 3.05) is 35.4 Å². The van der Waals surface area contributed by atoms with Crippen molar-refractivity contribution in [1.82, 2.24) is 15.0 Å². The van der Waals surface area contributed by atoms with Crippen LogP contribution in [0.25, 0.3) is 10.8 Å². The zero-order valence-corrected chi connectivity index (χ0v) is 33.6. The monoisotopic (exact) mass is 931 g/mol. The number of aromatic hydroxyl groups is 1. The number of aromatic nitrogens is 3. The second kappa shape index (κ2) is 16.8. The predicted molar refractivity (Wildman–Crippen MR) is 204 cm³/mol. The number of benzene rings is 4. The molecule has 0 aliphatic rings. The standard InChI is InChI=1S/C29H25N9O17S5/c1-54-23-7-6-20(37-38-21-12-18(57(42,43)44)10-15-11-19(58(45,46)47)13-22(39)24(15)21)26(59(48,49)50)25(23)33-29-35-27(31-14-30)34-28(36-29)32-16-2-4-17(5-3-16)56(40,41)9-8-55-60(51,52)53/h2-7,10-13,39H,8-9H2,1H3,(H,42,43,44)(H,45,46,47)(H,48,49,50)(H,51,52,53)(H3,31,32,33,34,35,36). The van der Waals surface area contributed by atoms with Gasteiger partial charge in [-0.25, -0.2) is 12.6 Å². The third kappa shape index (κ3) is 10.9. The lowest BCUT2D eigenvalue weighted by atomic mass is 10.1. The number of nitriles is 1. The van der Waals surface area contributed by atoms with Crippen LogP contribution in [0.2, 0.25) is 0 Å².